The number of amides is 1. The van der Waals surface area contributed by atoms with Gasteiger partial charge in [0.05, 0.1) is 31.6 Å². The highest BCUT2D eigenvalue weighted by Crippen LogP contribution is 2.22. The van der Waals surface area contributed by atoms with Gasteiger partial charge in [-0.2, -0.15) is 0 Å². The van der Waals surface area contributed by atoms with Crippen LogP contribution < -0.4 is 5.32 Å². The fraction of sp³-hybridized carbons (Fsp3) is 0.556. The highest BCUT2D eigenvalue weighted by Gasteiger charge is 2.32. The van der Waals surface area contributed by atoms with Gasteiger partial charge in [-0.3, -0.25) is 14.5 Å². The maximum absolute atomic E-state index is 12.3. The van der Waals surface area contributed by atoms with E-state index in [4.69, 9.17) is 9.47 Å². The summed E-state index contributed by atoms with van der Waals surface area (Å²) in [7, 11) is 1.62. The molecule has 2 N–H and O–H groups in total. The molecule has 1 amide bonds. The SMILES string of the molecule is COCc1cn(CC[C@@H]2CC[C@@H](NC(=O)c3ccncc3)[C@H](CO)O2)nn1. The van der Waals surface area contributed by atoms with E-state index in [1.165, 1.54) is 0 Å². The molecule has 0 unspecified atom stereocenters. The second-order valence-corrected chi connectivity index (χ2v) is 6.57. The molecule has 1 fully saturated rings. The fourth-order valence-electron chi connectivity index (χ4n) is 3.20. The van der Waals surface area contributed by atoms with Crippen LogP contribution in [0.15, 0.2) is 30.7 Å². The molecular weight excluding hydrogens is 350 g/mol. The molecule has 1 saturated heterocycles. The molecule has 9 heteroatoms. The van der Waals surface area contributed by atoms with Gasteiger partial charge in [0.15, 0.2) is 0 Å². The molecule has 3 rings (SSSR count). The van der Waals surface area contributed by atoms with Crippen LogP contribution in [0.1, 0.15) is 35.3 Å². The number of nitrogens with zero attached hydrogens (tertiary/aromatic N) is 4. The number of aliphatic hydroxyl groups is 1. The van der Waals surface area contributed by atoms with E-state index in [0.29, 0.717) is 18.7 Å². The highest BCUT2D eigenvalue weighted by molar-refractivity contribution is 5.94. The minimum Gasteiger partial charge on any atom is -0.394 e. The first-order chi connectivity index (χ1) is 13.2. The van der Waals surface area contributed by atoms with Gasteiger partial charge in [-0.05, 0) is 31.4 Å². The monoisotopic (exact) mass is 375 g/mol. The van der Waals surface area contributed by atoms with E-state index in [1.54, 1.807) is 36.3 Å². The first-order valence-electron chi connectivity index (χ1n) is 9.04. The summed E-state index contributed by atoms with van der Waals surface area (Å²) in [5.74, 6) is -0.184. The number of ether oxygens (including phenoxy) is 2. The van der Waals surface area contributed by atoms with Crippen LogP contribution in [0.3, 0.4) is 0 Å². The number of hydrogen-bond acceptors (Lipinski definition) is 7. The van der Waals surface area contributed by atoms with Crippen molar-refractivity contribution in [2.45, 2.75) is 50.7 Å². The summed E-state index contributed by atoms with van der Waals surface area (Å²) in [5, 5.41) is 20.7. The van der Waals surface area contributed by atoms with Crippen LogP contribution >= 0.6 is 0 Å². The van der Waals surface area contributed by atoms with Gasteiger partial charge < -0.3 is 19.9 Å². The van der Waals surface area contributed by atoms with Crippen molar-refractivity contribution in [2.75, 3.05) is 13.7 Å². The predicted molar refractivity (Wildman–Crippen MR) is 95.8 cm³/mol. The zero-order chi connectivity index (χ0) is 19.1. The molecule has 0 spiro atoms. The summed E-state index contributed by atoms with van der Waals surface area (Å²) in [4.78, 5) is 16.2. The number of rotatable bonds is 8. The number of aryl methyl sites for hydroxylation is 1. The number of carbonyl (C=O) groups excluding carboxylic acids is 1. The summed E-state index contributed by atoms with van der Waals surface area (Å²) >= 11 is 0. The van der Waals surface area contributed by atoms with Gasteiger partial charge in [0.25, 0.3) is 5.91 Å². The van der Waals surface area contributed by atoms with E-state index < -0.39 is 6.10 Å². The van der Waals surface area contributed by atoms with E-state index in [9.17, 15) is 9.90 Å². The molecule has 1 aliphatic heterocycles. The molecular formula is C18H25N5O4. The molecule has 2 aromatic rings. The third-order valence-corrected chi connectivity index (χ3v) is 4.61. The van der Waals surface area contributed by atoms with E-state index in [0.717, 1.165) is 25.0 Å². The summed E-state index contributed by atoms with van der Waals surface area (Å²) in [6.45, 7) is 0.970. The highest BCUT2D eigenvalue weighted by atomic mass is 16.5. The van der Waals surface area contributed by atoms with Gasteiger partial charge in [0.2, 0.25) is 0 Å². The van der Waals surface area contributed by atoms with E-state index in [2.05, 4.69) is 20.6 Å². The van der Waals surface area contributed by atoms with Crippen LogP contribution in [0, 0.1) is 0 Å². The van der Waals surface area contributed by atoms with Crippen molar-refractivity contribution in [3.05, 3.63) is 42.0 Å². The average molecular weight is 375 g/mol. The Hall–Kier alpha value is -2.36. The van der Waals surface area contributed by atoms with Crippen LogP contribution in [0.25, 0.3) is 0 Å². The lowest BCUT2D eigenvalue weighted by Gasteiger charge is -2.36. The first kappa shape index (κ1) is 19.4. The molecule has 2 aromatic heterocycles. The molecule has 27 heavy (non-hydrogen) atoms. The topological polar surface area (TPSA) is 111 Å². The molecule has 9 nitrogen and oxygen atoms in total. The van der Waals surface area contributed by atoms with Crippen LogP contribution in [-0.4, -0.2) is 63.0 Å². The number of pyridine rings is 1. The summed E-state index contributed by atoms with van der Waals surface area (Å²) in [6, 6.07) is 3.10. The fourth-order valence-corrected chi connectivity index (χ4v) is 3.20. The average Bonchev–Trinajstić information content (AvgIpc) is 3.15. The molecule has 0 aliphatic carbocycles. The summed E-state index contributed by atoms with van der Waals surface area (Å²) < 4.78 is 12.8. The van der Waals surface area contributed by atoms with Crippen molar-refractivity contribution in [1.82, 2.24) is 25.3 Å². The molecule has 0 saturated carbocycles. The summed E-state index contributed by atoms with van der Waals surface area (Å²) in [5.41, 5.74) is 1.33. The molecule has 0 radical (unpaired) electrons. The van der Waals surface area contributed by atoms with E-state index in [1.807, 2.05) is 6.20 Å². The number of aliphatic hydroxyl groups excluding tert-OH is 1. The van der Waals surface area contributed by atoms with Crippen LogP contribution in [-0.2, 0) is 22.6 Å². The third-order valence-electron chi connectivity index (χ3n) is 4.61. The zero-order valence-corrected chi connectivity index (χ0v) is 15.3. The largest absolute Gasteiger partial charge is 0.394 e. The van der Waals surface area contributed by atoms with Crippen molar-refractivity contribution in [1.29, 1.82) is 0 Å². The molecule has 0 bridgehead atoms. The van der Waals surface area contributed by atoms with Crippen LogP contribution in [0.5, 0.6) is 0 Å². The number of carbonyl (C=O) groups is 1. The van der Waals surface area contributed by atoms with Crippen molar-refractivity contribution in [3.8, 4) is 0 Å². The Morgan fingerprint density at radius 3 is 2.96 bits per heavy atom. The second-order valence-electron chi connectivity index (χ2n) is 6.57. The number of hydrogen-bond donors (Lipinski definition) is 2. The van der Waals surface area contributed by atoms with Gasteiger partial charge in [0, 0.05) is 31.6 Å². The molecule has 3 atom stereocenters. The van der Waals surface area contributed by atoms with E-state index >= 15 is 0 Å². The van der Waals surface area contributed by atoms with Crippen LogP contribution in [0.4, 0.5) is 0 Å². The number of aromatic nitrogens is 4. The lowest BCUT2D eigenvalue weighted by atomic mass is 9.97. The van der Waals surface area contributed by atoms with Gasteiger partial charge >= 0.3 is 0 Å². The Balaban J connectivity index is 1.49. The standard InChI is InChI=1S/C18H25N5O4/c1-26-12-14-10-23(22-21-14)9-6-15-2-3-16(17(11-24)27-15)20-18(25)13-4-7-19-8-5-13/h4-5,7-8,10,15-17,24H,2-3,6,9,11-12H2,1H3,(H,20,25)/t15-,16+,17-/m0/s1. The van der Waals surface area contributed by atoms with Gasteiger partial charge in [-0.1, -0.05) is 5.21 Å². The molecule has 1 aliphatic rings. The van der Waals surface area contributed by atoms with Crippen molar-refractivity contribution >= 4 is 5.91 Å². The van der Waals surface area contributed by atoms with Crippen LogP contribution in [0.2, 0.25) is 0 Å². The first-order valence-corrected chi connectivity index (χ1v) is 9.04. The lowest BCUT2D eigenvalue weighted by molar-refractivity contribution is -0.0912. The Labute approximate surface area is 157 Å². The molecule has 0 aromatic carbocycles. The normalized spacial score (nSPS) is 22.5. The van der Waals surface area contributed by atoms with Gasteiger partial charge in [-0.25, -0.2) is 0 Å². The minimum atomic E-state index is -0.422. The number of methoxy groups -OCH3 is 1. The zero-order valence-electron chi connectivity index (χ0n) is 15.3. The van der Waals surface area contributed by atoms with Crippen molar-refractivity contribution in [2.24, 2.45) is 0 Å². The Bertz CT molecular complexity index is 724. The Kier molecular flexibility index (Phi) is 6.86. The summed E-state index contributed by atoms with van der Waals surface area (Å²) in [6.07, 6.45) is 6.91. The van der Waals surface area contributed by atoms with Gasteiger partial charge in [-0.15, -0.1) is 5.10 Å². The molecule has 3 heterocycles. The van der Waals surface area contributed by atoms with E-state index in [-0.39, 0.29) is 24.7 Å². The molecule has 146 valence electrons. The Morgan fingerprint density at radius 2 is 2.22 bits per heavy atom. The van der Waals surface area contributed by atoms with Crippen molar-refractivity contribution in [3.63, 3.8) is 0 Å². The maximum atomic E-state index is 12.3. The third kappa shape index (κ3) is 5.31. The Morgan fingerprint density at radius 1 is 1.41 bits per heavy atom. The predicted octanol–water partition coefficient (Wildman–Crippen LogP) is 0.548. The van der Waals surface area contributed by atoms with Crippen molar-refractivity contribution < 1.29 is 19.4 Å². The lowest BCUT2D eigenvalue weighted by Crippen LogP contribution is -2.51. The quantitative estimate of drug-likeness (QED) is 0.693. The number of nitrogens with one attached hydrogen (secondary N) is 1. The second kappa shape index (κ2) is 9.54. The maximum Gasteiger partial charge on any atom is 0.251 e. The smallest absolute Gasteiger partial charge is 0.251 e. The van der Waals surface area contributed by atoms with Gasteiger partial charge in [0.1, 0.15) is 11.8 Å². The minimum absolute atomic E-state index is 0.00584.